The number of aromatic hydroxyl groups is 1. The number of hydrogen-bond donors (Lipinski definition) is 2. The van der Waals surface area contributed by atoms with Gasteiger partial charge in [-0.3, -0.25) is 0 Å². The van der Waals surface area contributed by atoms with Crippen molar-refractivity contribution in [3.05, 3.63) is 46.3 Å². The Morgan fingerprint density at radius 2 is 1.90 bits per heavy atom. The number of aryl methyl sites for hydroxylation is 2. The van der Waals surface area contributed by atoms with Crippen LogP contribution >= 0.6 is 0 Å². The number of rotatable bonds is 3. The number of aromatic nitrogens is 1. The summed E-state index contributed by atoms with van der Waals surface area (Å²) in [5.74, 6) is 0.315. The van der Waals surface area contributed by atoms with Crippen molar-refractivity contribution in [2.75, 3.05) is 5.32 Å². The van der Waals surface area contributed by atoms with Crippen molar-refractivity contribution in [3.63, 3.8) is 0 Å². The Hall–Kier alpha value is -2.41. The number of phenolic OH excluding ortho intramolecular Hbond substituents is 1. The fourth-order valence-corrected chi connectivity index (χ4v) is 2.23. The minimum absolute atomic E-state index is 0.315. The molecule has 2 N–H and O–H groups in total. The smallest absolute Gasteiger partial charge is 0.120 e. The molecule has 104 valence electrons. The Bertz CT molecular complexity index is 693. The molecule has 0 bridgehead atoms. The van der Waals surface area contributed by atoms with Crippen LogP contribution in [0.25, 0.3) is 0 Å². The molecule has 0 fully saturated rings. The number of phenols is 1. The summed E-state index contributed by atoms with van der Waals surface area (Å²) in [5.41, 5.74) is 5.71. The molecule has 20 heavy (non-hydrogen) atoms. The average molecular weight is 269 g/mol. The second-order valence-electron chi connectivity index (χ2n) is 5.12. The van der Waals surface area contributed by atoms with Gasteiger partial charge in [-0.2, -0.15) is 5.26 Å². The predicted molar refractivity (Wildman–Crippen MR) is 79.8 cm³/mol. The fourth-order valence-electron chi connectivity index (χ4n) is 2.23. The lowest BCUT2D eigenvalue weighted by Gasteiger charge is -2.12. The molecule has 1 heterocycles. The summed E-state index contributed by atoms with van der Waals surface area (Å²) < 4.78 is 1.89. The van der Waals surface area contributed by atoms with Crippen LogP contribution in [0, 0.1) is 32.1 Å². The Morgan fingerprint density at radius 1 is 1.20 bits per heavy atom. The maximum Gasteiger partial charge on any atom is 0.120 e. The molecule has 0 saturated heterocycles. The number of nitrogens with one attached hydrogen (secondary N) is 1. The Balaban J connectivity index is 2.22. The van der Waals surface area contributed by atoms with Crippen molar-refractivity contribution in [3.8, 4) is 11.8 Å². The van der Waals surface area contributed by atoms with Crippen LogP contribution in [-0.2, 0) is 13.6 Å². The van der Waals surface area contributed by atoms with Gasteiger partial charge >= 0.3 is 0 Å². The molecule has 1 aromatic carbocycles. The quantitative estimate of drug-likeness (QED) is 0.841. The molecular weight excluding hydrogens is 250 g/mol. The lowest BCUT2D eigenvalue weighted by molar-refractivity contribution is 0.471. The third-order valence-electron chi connectivity index (χ3n) is 3.77. The van der Waals surface area contributed by atoms with Crippen molar-refractivity contribution in [2.45, 2.75) is 27.3 Å². The Morgan fingerprint density at radius 3 is 2.50 bits per heavy atom. The number of anilines is 1. The topological polar surface area (TPSA) is 61.0 Å². The van der Waals surface area contributed by atoms with Gasteiger partial charge in [0.05, 0.1) is 0 Å². The molecular formula is C16H19N3O. The molecule has 0 atom stereocenters. The third kappa shape index (κ3) is 2.48. The summed E-state index contributed by atoms with van der Waals surface area (Å²) in [5, 5.41) is 22.1. The van der Waals surface area contributed by atoms with Crippen LogP contribution in [0.4, 0.5) is 5.69 Å². The number of hydrogen-bond acceptors (Lipinski definition) is 3. The van der Waals surface area contributed by atoms with Gasteiger partial charge in [0.15, 0.2) is 0 Å². The van der Waals surface area contributed by atoms with Gasteiger partial charge < -0.3 is 15.0 Å². The molecule has 0 saturated carbocycles. The molecule has 4 nitrogen and oxygen atoms in total. The Labute approximate surface area is 119 Å². The van der Waals surface area contributed by atoms with Gasteiger partial charge in [0, 0.05) is 25.0 Å². The van der Waals surface area contributed by atoms with Crippen molar-refractivity contribution in [1.82, 2.24) is 4.57 Å². The summed E-state index contributed by atoms with van der Waals surface area (Å²) in [6, 6.07) is 7.79. The molecule has 1 aromatic heterocycles. The summed E-state index contributed by atoms with van der Waals surface area (Å²) in [4.78, 5) is 0. The third-order valence-corrected chi connectivity index (χ3v) is 3.77. The van der Waals surface area contributed by atoms with Crippen LogP contribution in [-0.4, -0.2) is 9.67 Å². The van der Waals surface area contributed by atoms with E-state index in [9.17, 15) is 5.11 Å². The zero-order chi connectivity index (χ0) is 14.9. The summed E-state index contributed by atoms with van der Waals surface area (Å²) in [6.45, 7) is 6.50. The van der Waals surface area contributed by atoms with E-state index in [1.54, 1.807) is 6.07 Å². The molecule has 2 rings (SSSR count). The number of nitrogens with zero attached hydrogens (tertiary/aromatic N) is 2. The molecule has 2 aromatic rings. The molecule has 0 spiro atoms. The van der Waals surface area contributed by atoms with E-state index in [4.69, 9.17) is 5.26 Å². The van der Waals surface area contributed by atoms with E-state index in [2.05, 4.69) is 11.4 Å². The van der Waals surface area contributed by atoms with Gasteiger partial charge in [-0.05, 0) is 55.7 Å². The van der Waals surface area contributed by atoms with Crippen LogP contribution < -0.4 is 5.32 Å². The first-order chi connectivity index (χ1) is 9.43. The molecule has 4 heteroatoms. The number of benzene rings is 1. The summed E-state index contributed by atoms with van der Waals surface area (Å²) in [6.07, 6.45) is 0. The predicted octanol–water partition coefficient (Wildman–Crippen LogP) is 3.14. The first-order valence-corrected chi connectivity index (χ1v) is 6.53. The zero-order valence-corrected chi connectivity index (χ0v) is 12.3. The van der Waals surface area contributed by atoms with Crippen LogP contribution in [0.15, 0.2) is 18.2 Å². The molecule has 0 amide bonds. The maximum absolute atomic E-state index is 9.66. The van der Waals surface area contributed by atoms with Crippen LogP contribution in [0.5, 0.6) is 5.75 Å². The highest BCUT2D eigenvalue weighted by molar-refractivity contribution is 5.57. The summed E-state index contributed by atoms with van der Waals surface area (Å²) >= 11 is 0. The highest BCUT2D eigenvalue weighted by atomic mass is 16.3. The highest BCUT2D eigenvalue weighted by Crippen LogP contribution is 2.25. The van der Waals surface area contributed by atoms with E-state index in [1.165, 1.54) is 0 Å². The van der Waals surface area contributed by atoms with E-state index >= 15 is 0 Å². The second-order valence-corrected chi connectivity index (χ2v) is 5.12. The normalized spacial score (nSPS) is 10.3. The molecule has 0 aliphatic carbocycles. The number of nitriles is 1. The van der Waals surface area contributed by atoms with Gasteiger partial charge in [0.1, 0.15) is 17.5 Å². The monoisotopic (exact) mass is 269 g/mol. The van der Waals surface area contributed by atoms with Crippen molar-refractivity contribution in [1.29, 1.82) is 5.26 Å². The fraction of sp³-hybridized carbons (Fsp3) is 0.312. The van der Waals surface area contributed by atoms with E-state index < -0.39 is 0 Å². The second kappa shape index (κ2) is 5.30. The average Bonchev–Trinajstić information content (AvgIpc) is 2.69. The zero-order valence-electron chi connectivity index (χ0n) is 12.3. The van der Waals surface area contributed by atoms with E-state index in [0.717, 1.165) is 28.1 Å². The molecule has 0 unspecified atom stereocenters. The largest absolute Gasteiger partial charge is 0.508 e. The molecule has 0 aliphatic rings. The van der Waals surface area contributed by atoms with Crippen LogP contribution in [0.3, 0.4) is 0 Å². The first-order valence-electron chi connectivity index (χ1n) is 6.53. The van der Waals surface area contributed by atoms with Crippen LogP contribution in [0.1, 0.15) is 28.1 Å². The van der Waals surface area contributed by atoms with Crippen LogP contribution in [0.2, 0.25) is 0 Å². The van der Waals surface area contributed by atoms with E-state index in [-0.39, 0.29) is 0 Å². The standard InChI is InChI=1S/C16H19N3O/c1-10-6-16(20)11(2)5-15(10)18-9-13-7-14(8-17)19(4)12(13)3/h5-7,18,20H,9H2,1-4H3. The van der Waals surface area contributed by atoms with Gasteiger partial charge in [-0.1, -0.05) is 0 Å². The van der Waals surface area contributed by atoms with Crippen molar-refractivity contribution < 1.29 is 5.11 Å². The van der Waals surface area contributed by atoms with Gasteiger partial charge in [0.2, 0.25) is 0 Å². The lowest BCUT2D eigenvalue weighted by Crippen LogP contribution is -2.03. The van der Waals surface area contributed by atoms with Crippen molar-refractivity contribution >= 4 is 5.69 Å². The first kappa shape index (κ1) is 14.0. The maximum atomic E-state index is 9.66. The van der Waals surface area contributed by atoms with Gasteiger partial charge in [-0.25, -0.2) is 0 Å². The Kier molecular flexibility index (Phi) is 3.71. The molecule has 0 radical (unpaired) electrons. The van der Waals surface area contributed by atoms with E-state index in [0.29, 0.717) is 18.0 Å². The minimum atomic E-state index is 0.315. The highest BCUT2D eigenvalue weighted by Gasteiger charge is 2.09. The lowest BCUT2D eigenvalue weighted by atomic mass is 10.1. The minimum Gasteiger partial charge on any atom is -0.508 e. The van der Waals surface area contributed by atoms with Gasteiger partial charge in [0.25, 0.3) is 0 Å². The molecule has 0 aliphatic heterocycles. The SMILES string of the molecule is Cc1cc(NCc2cc(C#N)n(C)c2C)c(C)cc1O. The summed E-state index contributed by atoms with van der Waals surface area (Å²) in [7, 11) is 1.90. The van der Waals surface area contributed by atoms with Crippen molar-refractivity contribution in [2.24, 2.45) is 7.05 Å². The van der Waals surface area contributed by atoms with E-state index in [1.807, 2.05) is 44.5 Å². The van der Waals surface area contributed by atoms with Gasteiger partial charge in [-0.15, -0.1) is 0 Å².